The highest BCUT2D eigenvalue weighted by Crippen LogP contribution is 2.33. The van der Waals surface area contributed by atoms with E-state index in [1.807, 2.05) is 18.3 Å². The highest BCUT2D eigenvalue weighted by Gasteiger charge is 2.22. The van der Waals surface area contributed by atoms with Crippen molar-refractivity contribution < 1.29 is 8.42 Å². The average Bonchev–Trinajstić information content (AvgIpc) is 2.92. The van der Waals surface area contributed by atoms with Crippen LogP contribution in [0.1, 0.15) is 19.3 Å². The Morgan fingerprint density at radius 2 is 2.09 bits per heavy atom. The lowest BCUT2D eigenvalue weighted by Gasteiger charge is -2.34. The predicted molar refractivity (Wildman–Crippen MR) is 90.4 cm³/mol. The van der Waals surface area contributed by atoms with Crippen LogP contribution in [-0.2, 0) is 9.84 Å². The smallest absolute Gasteiger partial charge is 0.147 e. The highest BCUT2D eigenvalue weighted by molar-refractivity contribution is 7.90. The summed E-state index contributed by atoms with van der Waals surface area (Å²) in [5.41, 5.74) is 2.06. The Hall–Kier alpha value is -1.27. The molecule has 0 radical (unpaired) electrons. The van der Waals surface area contributed by atoms with E-state index in [0.717, 1.165) is 48.9 Å². The van der Waals surface area contributed by atoms with E-state index in [1.165, 1.54) is 6.26 Å². The van der Waals surface area contributed by atoms with Gasteiger partial charge in [-0.05, 0) is 37.3 Å². The summed E-state index contributed by atoms with van der Waals surface area (Å²) in [6, 6.07) is 3.86. The third kappa shape index (κ3) is 3.55. The SMILES string of the molecule is CS(=O)(=O)CCC1CCN(c2cc(Cl)cc3[nH]ncc23)CC1. The van der Waals surface area contributed by atoms with Gasteiger partial charge in [0.15, 0.2) is 0 Å². The molecule has 2 aromatic rings. The standard InChI is InChI=1S/C15H20ClN3O2S/c1-22(20,21)7-4-11-2-5-19(6-3-11)15-9-12(16)8-14-13(15)10-17-18-14/h8-11H,2-7H2,1H3,(H,17,18). The number of benzene rings is 1. The first-order chi connectivity index (χ1) is 10.4. The molecule has 3 rings (SSSR count). The van der Waals surface area contributed by atoms with Crippen LogP contribution in [0.4, 0.5) is 5.69 Å². The highest BCUT2D eigenvalue weighted by atomic mass is 35.5. The summed E-state index contributed by atoms with van der Waals surface area (Å²) in [5.74, 6) is 0.783. The number of nitrogens with one attached hydrogen (secondary N) is 1. The van der Waals surface area contributed by atoms with E-state index in [2.05, 4.69) is 15.1 Å². The third-order valence-electron chi connectivity index (χ3n) is 4.35. The fraction of sp³-hybridized carbons (Fsp3) is 0.533. The second-order valence-corrected chi connectivity index (χ2v) is 8.80. The van der Waals surface area contributed by atoms with Crippen LogP contribution >= 0.6 is 11.6 Å². The molecule has 7 heteroatoms. The van der Waals surface area contributed by atoms with E-state index in [0.29, 0.717) is 16.7 Å². The molecular weight excluding hydrogens is 322 g/mol. The van der Waals surface area contributed by atoms with Crippen molar-refractivity contribution in [2.45, 2.75) is 19.3 Å². The first kappa shape index (κ1) is 15.6. The van der Waals surface area contributed by atoms with Gasteiger partial charge in [-0.2, -0.15) is 5.10 Å². The molecule has 1 aliphatic heterocycles. The average molecular weight is 342 g/mol. The van der Waals surface area contributed by atoms with Crippen molar-refractivity contribution in [1.29, 1.82) is 0 Å². The van der Waals surface area contributed by atoms with Gasteiger partial charge in [0.2, 0.25) is 0 Å². The van der Waals surface area contributed by atoms with Crippen LogP contribution in [0.25, 0.3) is 10.9 Å². The largest absolute Gasteiger partial charge is 0.371 e. The normalized spacial score (nSPS) is 17.3. The maximum Gasteiger partial charge on any atom is 0.147 e. The predicted octanol–water partition coefficient (Wildman–Crippen LogP) is 2.87. The quantitative estimate of drug-likeness (QED) is 0.928. The first-order valence-electron chi connectivity index (χ1n) is 7.48. The first-order valence-corrected chi connectivity index (χ1v) is 9.91. The van der Waals surface area contributed by atoms with Crippen LogP contribution in [0.3, 0.4) is 0 Å². The molecule has 1 fully saturated rings. The Morgan fingerprint density at radius 3 is 2.77 bits per heavy atom. The minimum atomic E-state index is -2.86. The van der Waals surface area contributed by atoms with Crippen LogP contribution in [0.5, 0.6) is 0 Å². The second kappa shape index (κ2) is 6.08. The van der Waals surface area contributed by atoms with E-state index >= 15 is 0 Å². The molecule has 0 unspecified atom stereocenters. The van der Waals surface area contributed by atoms with E-state index in [4.69, 9.17) is 11.6 Å². The topological polar surface area (TPSA) is 66.1 Å². The number of aromatic amines is 1. The summed E-state index contributed by atoms with van der Waals surface area (Å²) in [6.07, 6.45) is 5.94. The summed E-state index contributed by atoms with van der Waals surface area (Å²) < 4.78 is 22.6. The van der Waals surface area contributed by atoms with Crippen molar-refractivity contribution in [2.24, 2.45) is 5.92 Å². The lowest BCUT2D eigenvalue weighted by atomic mass is 9.94. The Balaban J connectivity index is 1.69. The molecule has 0 aliphatic carbocycles. The summed E-state index contributed by atoms with van der Waals surface area (Å²) in [7, 11) is -2.86. The van der Waals surface area contributed by atoms with Gasteiger partial charge < -0.3 is 4.90 Å². The molecule has 1 aromatic heterocycles. The molecule has 0 spiro atoms. The van der Waals surface area contributed by atoms with Crippen LogP contribution in [0, 0.1) is 5.92 Å². The number of sulfone groups is 1. The molecule has 0 atom stereocenters. The molecule has 0 amide bonds. The van der Waals surface area contributed by atoms with Gasteiger partial charge in [0.05, 0.1) is 17.5 Å². The van der Waals surface area contributed by atoms with Crippen molar-refractivity contribution in [3.8, 4) is 0 Å². The van der Waals surface area contributed by atoms with E-state index < -0.39 is 9.84 Å². The number of hydrogen-bond acceptors (Lipinski definition) is 4. The number of aromatic nitrogens is 2. The number of piperidine rings is 1. The Bertz CT molecular complexity index is 764. The van der Waals surface area contributed by atoms with Gasteiger partial charge in [-0.15, -0.1) is 0 Å². The molecule has 1 saturated heterocycles. The lowest BCUT2D eigenvalue weighted by molar-refractivity contribution is 0.395. The number of nitrogens with zero attached hydrogens (tertiary/aromatic N) is 2. The number of H-pyrrole nitrogens is 1. The number of anilines is 1. The maximum absolute atomic E-state index is 11.3. The maximum atomic E-state index is 11.3. The fourth-order valence-corrected chi connectivity index (χ4v) is 4.08. The van der Waals surface area contributed by atoms with Crippen molar-refractivity contribution in [1.82, 2.24) is 10.2 Å². The summed E-state index contributed by atoms with van der Waals surface area (Å²) in [5, 5.41) is 8.83. The van der Waals surface area contributed by atoms with Crippen LogP contribution in [-0.4, -0.2) is 43.7 Å². The van der Waals surface area contributed by atoms with E-state index in [1.54, 1.807) is 0 Å². The van der Waals surface area contributed by atoms with Crippen molar-refractivity contribution in [2.75, 3.05) is 30.0 Å². The number of hydrogen-bond donors (Lipinski definition) is 1. The third-order valence-corrected chi connectivity index (χ3v) is 5.55. The molecule has 1 aliphatic rings. The Labute approximate surface area is 135 Å². The molecule has 1 N–H and O–H groups in total. The van der Waals surface area contributed by atoms with Crippen LogP contribution < -0.4 is 4.90 Å². The van der Waals surface area contributed by atoms with Gasteiger partial charge >= 0.3 is 0 Å². The minimum Gasteiger partial charge on any atom is -0.371 e. The zero-order valence-electron chi connectivity index (χ0n) is 12.5. The van der Waals surface area contributed by atoms with Crippen molar-refractivity contribution in [3.05, 3.63) is 23.4 Å². The molecule has 5 nitrogen and oxygen atoms in total. The molecule has 120 valence electrons. The molecule has 22 heavy (non-hydrogen) atoms. The summed E-state index contributed by atoms with van der Waals surface area (Å²) in [6.45, 7) is 1.85. The Morgan fingerprint density at radius 1 is 1.36 bits per heavy atom. The van der Waals surface area contributed by atoms with Crippen molar-refractivity contribution in [3.63, 3.8) is 0 Å². The summed E-state index contributed by atoms with van der Waals surface area (Å²) in [4.78, 5) is 2.32. The van der Waals surface area contributed by atoms with Gasteiger partial charge in [0.25, 0.3) is 0 Å². The van der Waals surface area contributed by atoms with Crippen molar-refractivity contribution >= 4 is 38.0 Å². The summed E-state index contributed by atoms with van der Waals surface area (Å²) >= 11 is 6.19. The van der Waals surface area contributed by atoms with Gasteiger partial charge in [0.1, 0.15) is 9.84 Å². The zero-order valence-corrected chi connectivity index (χ0v) is 14.1. The van der Waals surface area contributed by atoms with E-state index in [9.17, 15) is 8.42 Å². The van der Waals surface area contributed by atoms with E-state index in [-0.39, 0.29) is 0 Å². The van der Waals surface area contributed by atoms with Crippen LogP contribution in [0.2, 0.25) is 5.02 Å². The van der Waals surface area contributed by atoms with Gasteiger partial charge in [-0.3, -0.25) is 5.10 Å². The second-order valence-electron chi connectivity index (χ2n) is 6.11. The lowest BCUT2D eigenvalue weighted by Crippen LogP contribution is -2.34. The van der Waals surface area contributed by atoms with Gasteiger partial charge in [-0.25, -0.2) is 8.42 Å². The number of halogens is 1. The molecule has 2 heterocycles. The molecular formula is C15H20ClN3O2S. The minimum absolute atomic E-state index is 0.292. The van der Waals surface area contributed by atoms with Gasteiger partial charge in [0, 0.05) is 35.4 Å². The fourth-order valence-electron chi connectivity index (χ4n) is 3.10. The number of fused-ring (bicyclic) bond motifs is 1. The van der Waals surface area contributed by atoms with Crippen LogP contribution in [0.15, 0.2) is 18.3 Å². The molecule has 1 aromatic carbocycles. The zero-order chi connectivity index (χ0) is 15.7. The number of rotatable bonds is 4. The monoisotopic (exact) mass is 341 g/mol. The molecule has 0 saturated carbocycles. The van der Waals surface area contributed by atoms with Gasteiger partial charge in [-0.1, -0.05) is 11.6 Å². The Kier molecular flexibility index (Phi) is 4.32. The molecule has 0 bridgehead atoms.